The van der Waals surface area contributed by atoms with E-state index in [0.29, 0.717) is 18.1 Å². The molecule has 0 aromatic carbocycles. The van der Waals surface area contributed by atoms with Gasteiger partial charge in [-0.15, -0.1) is 0 Å². The maximum atomic E-state index is 2.57. The largest absolute Gasteiger partial charge is 0.0657 e. The predicted molar refractivity (Wildman–Crippen MR) is 83.4 cm³/mol. The van der Waals surface area contributed by atoms with E-state index in [4.69, 9.17) is 0 Å². The molecule has 0 aromatic rings. The van der Waals surface area contributed by atoms with Crippen LogP contribution in [0, 0.1) is 0 Å². The maximum absolute atomic E-state index is 2.57. The second-order valence-electron chi connectivity index (χ2n) is 5.64. The Morgan fingerprint density at radius 3 is 1.47 bits per heavy atom. The summed E-state index contributed by atoms with van der Waals surface area (Å²) in [5.74, 6) is 0. The smallest absolute Gasteiger partial charge is 0.0168 e. The second-order valence-corrected chi connectivity index (χ2v) is 24.6. The normalized spacial score (nSPS) is 21.2. The van der Waals surface area contributed by atoms with Gasteiger partial charge >= 0.3 is 0 Å². The molecular formula is C12H32Si3. The van der Waals surface area contributed by atoms with Crippen molar-refractivity contribution >= 4 is 25.9 Å². The summed E-state index contributed by atoms with van der Waals surface area (Å²) >= 11 is 0. The van der Waals surface area contributed by atoms with E-state index in [1.807, 2.05) is 0 Å². The molecule has 0 saturated carbocycles. The molecule has 0 aliphatic carbocycles. The lowest BCUT2D eigenvalue weighted by Crippen LogP contribution is -2.37. The fourth-order valence-corrected chi connectivity index (χ4v) is 32.3. The van der Waals surface area contributed by atoms with Crippen molar-refractivity contribution in [3.8, 4) is 0 Å². The standard InChI is InChI=1S/C12H32Si3/c1-7-10(4)13-15(12(6)9-3)14-11(5)8-2/h10-12,15H,7-9,13-14H2,1-6H3. The lowest BCUT2D eigenvalue weighted by Gasteiger charge is -2.25. The Kier molecular flexibility index (Phi) is 9.14. The van der Waals surface area contributed by atoms with E-state index in [1.54, 1.807) is 0 Å². The fourth-order valence-electron chi connectivity index (χ4n) is 2.26. The van der Waals surface area contributed by atoms with Crippen molar-refractivity contribution in [1.82, 2.24) is 0 Å². The van der Waals surface area contributed by atoms with E-state index in [-0.39, 0.29) is 7.83 Å². The SMILES string of the molecule is CCC(C)[SiH2][SiH]([SiH2]C(C)CC)C(C)CC. The van der Waals surface area contributed by atoms with Crippen molar-refractivity contribution in [2.45, 2.75) is 77.4 Å². The maximum Gasteiger partial charge on any atom is 0.0168 e. The van der Waals surface area contributed by atoms with E-state index in [0.717, 1.165) is 11.1 Å². The van der Waals surface area contributed by atoms with E-state index >= 15 is 0 Å². The first-order valence-corrected chi connectivity index (χ1v) is 15.9. The zero-order chi connectivity index (χ0) is 11.8. The van der Waals surface area contributed by atoms with Gasteiger partial charge in [-0.3, -0.25) is 0 Å². The zero-order valence-electron chi connectivity index (χ0n) is 11.8. The van der Waals surface area contributed by atoms with Gasteiger partial charge in [0.1, 0.15) is 0 Å². The van der Waals surface area contributed by atoms with Crippen LogP contribution in [-0.4, -0.2) is 25.9 Å². The fraction of sp³-hybridized carbons (Fsp3) is 1.00. The van der Waals surface area contributed by atoms with Gasteiger partial charge in [-0.25, -0.2) is 0 Å². The van der Waals surface area contributed by atoms with Crippen LogP contribution in [0.15, 0.2) is 0 Å². The molecule has 0 N–H and O–H groups in total. The van der Waals surface area contributed by atoms with Crippen LogP contribution in [0.3, 0.4) is 0 Å². The molecule has 0 rings (SSSR count). The van der Waals surface area contributed by atoms with Crippen LogP contribution in [0.4, 0.5) is 0 Å². The minimum Gasteiger partial charge on any atom is -0.0657 e. The monoisotopic (exact) mass is 260 g/mol. The van der Waals surface area contributed by atoms with Gasteiger partial charge in [0.25, 0.3) is 0 Å². The molecule has 0 aliphatic heterocycles. The summed E-state index contributed by atoms with van der Waals surface area (Å²) in [7, 11) is 0.478. The van der Waals surface area contributed by atoms with Crippen molar-refractivity contribution < 1.29 is 0 Å². The van der Waals surface area contributed by atoms with Gasteiger partial charge in [-0.2, -0.15) is 0 Å². The summed E-state index contributed by atoms with van der Waals surface area (Å²) < 4.78 is 0. The Labute approximate surface area is 103 Å². The van der Waals surface area contributed by atoms with Crippen LogP contribution in [0.5, 0.6) is 0 Å². The topological polar surface area (TPSA) is 0 Å². The number of hydrogen-bond donors (Lipinski definition) is 0. The highest BCUT2D eigenvalue weighted by molar-refractivity contribution is 7.40. The van der Waals surface area contributed by atoms with Gasteiger partial charge in [0.2, 0.25) is 0 Å². The molecule has 0 spiro atoms. The summed E-state index contributed by atoms with van der Waals surface area (Å²) in [5, 5.41) is 0. The van der Waals surface area contributed by atoms with Crippen molar-refractivity contribution in [2.75, 3.05) is 0 Å². The third-order valence-electron chi connectivity index (χ3n) is 4.25. The molecule has 0 aromatic heterocycles. The first kappa shape index (κ1) is 15.7. The molecule has 0 radical (unpaired) electrons. The van der Waals surface area contributed by atoms with Crippen LogP contribution < -0.4 is 0 Å². The molecule has 15 heavy (non-hydrogen) atoms. The lowest BCUT2D eigenvalue weighted by atomic mass is 10.4. The average Bonchev–Trinajstić information content (AvgIpc) is 2.26. The Hall–Kier alpha value is 0.651. The van der Waals surface area contributed by atoms with Crippen LogP contribution >= 0.6 is 0 Å². The molecule has 0 nitrogen and oxygen atoms in total. The van der Waals surface area contributed by atoms with Crippen LogP contribution in [0.25, 0.3) is 0 Å². The number of rotatable bonds is 8. The highest BCUT2D eigenvalue weighted by Crippen LogP contribution is 2.21. The molecular weight excluding hydrogens is 228 g/mol. The summed E-state index contributed by atoms with van der Waals surface area (Å²) in [6.07, 6.45) is 4.39. The van der Waals surface area contributed by atoms with E-state index in [2.05, 4.69) is 41.5 Å². The third-order valence-corrected chi connectivity index (χ3v) is 29.6. The Balaban J connectivity index is 4.17. The van der Waals surface area contributed by atoms with Gasteiger partial charge in [-0.1, -0.05) is 77.4 Å². The molecule has 0 saturated heterocycles. The highest BCUT2D eigenvalue weighted by atomic mass is 29.6. The summed E-state index contributed by atoms with van der Waals surface area (Å²) in [4.78, 5) is 0. The summed E-state index contributed by atoms with van der Waals surface area (Å²) in [5.41, 5.74) is 3.46. The van der Waals surface area contributed by atoms with Crippen LogP contribution in [0.1, 0.15) is 60.8 Å². The molecule has 0 aliphatic rings. The molecule has 0 bridgehead atoms. The molecule has 3 atom stereocenters. The molecule has 3 unspecified atom stereocenters. The van der Waals surface area contributed by atoms with Crippen molar-refractivity contribution in [3.63, 3.8) is 0 Å². The number of hydrogen-bond acceptors (Lipinski definition) is 0. The minimum atomic E-state index is -0.201. The molecule has 92 valence electrons. The van der Waals surface area contributed by atoms with Crippen molar-refractivity contribution in [1.29, 1.82) is 0 Å². The second kappa shape index (κ2) is 8.76. The first-order chi connectivity index (χ1) is 7.04. The predicted octanol–water partition coefficient (Wildman–Crippen LogP) is 2.78. The Morgan fingerprint density at radius 2 is 1.20 bits per heavy atom. The van der Waals surface area contributed by atoms with Gasteiger partial charge in [0, 0.05) is 25.9 Å². The molecule has 0 fully saturated rings. The van der Waals surface area contributed by atoms with Gasteiger partial charge in [0.15, 0.2) is 0 Å². The summed E-state index contributed by atoms with van der Waals surface area (Å²) in [6, 6.07) is 0. The quantitative estimate of drug-likeness (QED) is 0.589. The minimum absolute atomic E-state index is 0.201. The average molecular weight is 261 g/mol. The molecule has 3 heteroatoms. The summed E-state index contributed by atoms with van der Waals surface area (Å²) in [6.45, 7) is 14.8. The van der Waals surface area contributed by atoms with E-state index in [1.165, 1.54) is 24.8 Å². The van der Waals surface area contributed by atoms with Gasteiger partial charge in [0.05, 0.1) is 0 Å². The lowest BCUT2D eigenvalue weighted by molar-refractivity contribution is 0.850. The van der Waals surface area contributed by atoms with Gasteiger partial charge < -0.3 is 0 Å². The molecule has 0 heterocycles. The first-order valence-electron chi connectivity index (χ1n) is 7.04. The van der Waals surface area contributed by atoms with Crippen molar-refractivity contribution in [3.05, 3.63) is 0 Å². The van der Waals surface area contributed by atoms with Crippen LogP contribution in [0.2, 0.25) is 16.6 Å². The van der Waals surface area contributed by atoms with Crippen molar-refractivity contribution in [2.24, 2.45) is 0 Å². The van der Waals surface area contributed by atoms with E-state index < -0.39 is 0 Å². The van der Waals surface area contributed by atoms with E-state index in [9.17, 15) is 0 Å². The van der Waals surface area contributed by atoms with Crippen LogP contribution in [-0.2, 0) is 0 Å². The zero-order valence-corrected chi connectivity index (χ0v) is 15.8. The Bertz CT molecular complexity index is 138. The van der Waals surface area contributed by atoms with Gasteiger partial charge in [-0.05, 0) is 0 Å². The highest BCUT2D eigenvalue weighted by Gasteiger charge is 2.22. The third kappa shape index (κ3) is 6.74. The molecule has 0 amide bonds. The Morgan fingerprint density at radius 1 is 0.800 bits per heavy atom.